The van der Waals surface area contributed by atoms with Crippen LogP contribution in [0.2, 0.25) is 5.02 Å². The van der Waals surface area contributed by atoms with E-state index in [9.17, 15) is 4.39 Å². The summed E-state index contributed by atoms with van der Waals surface area (Å²) in [6.07, 6.45) is 9.10. The van der Waals surface area contributed by atoms with Crippen LogP contribution in [-0.4, -0.2) is 19.5 Å². The van der Waals surface area contributed by atoms with Crippen molar-refractivity contribution in [1.29, 1.82) is 0 Å². The van der Waals surface area contributed by atoms with E-state index in [1.54, 1.807) is 12.1 Å². The number of nitrogen functional groups attached to an aromatic ring is 2. The van der Waals surface area contributed by atoms with Crippen molar-refractivity contribution in [3.63, 3.8) is 0 Å². The zero-order valence-corrected chi connectivity index (χ0v) is 16.9. The van der Waals surface area contributed by atoms with Crippen molar-refractivity contribution >= 4 is 45.2 Å². The summed E-state index contributed by atoms with van der Waals surface area (Å²) in [6.45, 7) is 0. The summed E-state index contributed by atoms with van der Waals surface area (Å²) in [6, 6.07) is 7.46. The highest BCUT2D eigenvalue weighted by molar-refractivity contribution is 6.33. The highest BCUT2D eigenvalue weighted by Crippen LogP contribution is 2.34. The first-order chi connectivity index (χ1) is 14.5. The first kappa shape index (κ1) is 18.8. The number of aryl methyl sites for hydroxylation is 1. The first-order valence-electron chi connectivity index (χ1n) is 9.81. The van der Waals surface area contributed by atoms with Crippen molar-refractivity contribution < 1.29 is 4.39 Å². The monoisotopic (exact) mass is 422 g/mol. The molecule has 1 aliphatic carbocycles. The fourth-order valence-electron chi connectivity index (χ4n) is 4.18. The average Bonchev–Trinajstić information content (AvgIpc) is 3.36. The van der Waals surface area contributed by atoms with Crippen LogP contribution in [0.4, 0.5) is 16.0 Å². The van der Waals surface area contributed by atoms with E-state index in [0.29, 0.717) is 28.2 Å². The highest BCUT2D eigenvalue weighted by atomic mass is 35.5. The lowest BCUT2D eigenvalue weighted by atomic mass is 10.0. The second-order valence-electron chi connectivity index (χ2n) is 7.62. The third kappa shape index (κ3) is 3.15. The minimum atomic E-state index is -0.324. The van der Waals surface area contributed by atoms with Crippen LogP contribution in [0.5, 0.6) is 0 Å². The summed E-state index contributed by atoms with van der Waals surface area (Å²) in [4.78, 5) is 12.6. The molecule has 0 bridgehead atoms. The number of allylic oxidation sites excluding steroid dienone is 2. The molecule has 1 aliphatic rings. The molecular formula is C22H20ClFN6. The van der Waals surface area contributed by atoms with E-state index in [2.05, 4.69) is 25.6 Å². The number of rotatable bonds is 4. The van der Waals surface area contributed by atoms with Crippen LogP contribution < -0.4 is 11.5 Å². The lowest BCUT2D eigenvalue weighted by Crippen LogP contribution is -2.03. The molecule has 152 valence electrons. The molecule has 0 amide bonds. The summed E-state index contributed by atoms with van der Waals surface area (Å²) in [5.41, 5.74) is 14.7. The highest BCUT2D eigenvalue weighted by Gasteiger charge is 2.20. The van der Waals surface area contributed by atoms with Crippen LogP contribution in [0.3, 0.4) is 0 Å². The molecule has 1 aromatic carbocycles. The molecule has 1 unspecified atom stereocenters. The predicted molar refractivity (Wildman–Crippen MR) is 118 cm³/mol. The number of hydrogen-bond donors (Lipinski definition) is 2. The normalized spacial score (nSPS) is 16.5. The van der Waals surface area contributed by atoms with Gasteiger partial charge in [-0.15, -0.1) is 0 Å². The van der Waals surface area contributed by atoms with Crippen LogP contribution in [0.25, 0.3) is 21.9 Å². The maximum absolute atomic E-state index is 15.0. The van der Waals surface area contributed by atoms with E-state index in [1.165, 1.54) is 11.9 Å². The molecule has 8 heteroatoms. The number of aromatic nitrogens is 4. The Morgan fingerprint density at radius 1 is 1.13 bits per heavy atom. The van der Waals surface area contributed by atoms with Crippen molar-refractivity contribution in [2.45, 2.75) is 31.7 Å². The Morgan fingerprint density at radius 2 is 2.00 bits per heavy atom. The van der Waals surface area contributed by atoms with Gasteiger partial charge in [-0.05, 0) is 43.4 Å². The SMILES string of the molecule is Nc1nc2c(F)c(CCC3=CC(n4ccc5c(N)ncnc54)CC3)ccc2cc1Cl. The minimum absolute atomic E-state index is 0.143. The molecule has 4 aromatic rings. The number of nitrogens with two attached hydrogens (primary N) is 2. The van der Waals surface area contributed by atoms with Gasteiger partial charge in [-0.2, -0.15) is 0 Å². The fourth-order valence-corrected chi connectivity index (χ4v) is 4.34. The summed E-state index contributed by atoms with van der Waals surface area (Å²) < 4.78 is 17.1. The fraction of sp³-hybridized carbons (Fsp3) is 0.227. The smallest absolute Gasteiger partial charge is 0.152 e. The van der Waals surface area contributed by atoms with Crippen LogP contribution >= 0.6 is 11.6 Å². The molecule has 0 radical (unpaired) electrons. The first-order valence-corrected chi connectivity index (χ1v) is 10.2. The van der Waals surface area contributed by atoms with Crippen molar-refractivity contribution in [2.75, 3.05) is 11.5 Å². The van der Waals surface area contributed by atoms with Crippen LogP contribution in [0, 0.1) is 5.82 Å². The summed E-state index contributed by atoms with van der Waals surface area (Å²) in [7, 11) is 0. The maximum Gasteiger partial charge on any atom is 0.152 e. The molecule has 0 saturated heterocycles. The quantitative estimate of drug-likeness (QED) is 0.459. The van der Waals surface area contributed by atoms with Gasteiger partial charge in [-0.25, -0.2) is 19.3 Å². The second kappa shape index (κ2) is 7.25. The Balaban J connectivity index is 1.36. The van der Waals surface area contributed by atoms with Crippen LogP contribution in [0.1, 0.15) is 30.9 Å². The third-order valence-electron chi connectivity index (χ3n) is 5.79. The lowest BCUT2D eigenvalue weighted by Gasteiger charge is -2.10. The summed E-state index contributed by atoms with van der Waals surface area (Å²) in [5.74, 6) is 0.308. The molecule has 6 nitrogen and oxygen atoms in total. The van der Waals surface area contributed by atoms with Gasteiger partial charge in [0.05, 0.1) is 16.5 Å². The summed E-state index contributed by atoms with van der Waals surface area (Å²) in [5, 5.41) is 1.85. The van der Waals surface area contributed by atoms with Crippen LogP contribution in [0.15, 0.2) is 48.4 Å². The zero-order chi connectivity index (χ0) is 20.8. The molecule has 30 heavy (non-hydrogen) atoms. The Kier molecular flexibility index (Phi) is 4.55. The predicted octanol–water partition coefficient (Wildman–Crippen LogP) is 4.83. The molecule has 0 aliphatic heterocycles. The van der Waals surface area contributed by atoms with Gasteiger partial charge in [-0.1, -0.05) is 35.4 Å². The van der Waals surface area contributed by atoms with Crippen molar-refractivity contribution in [2.24, 2.45) is 0 Å². The number of halogens is 2. The standard InChI is InChI=1S/C22H20ClFN6/c23-17-10-14-5-4-13(18(24)19(14)29-21(17)26)3-1-12-2-6-15(9-12)30-8-7-16-20(25)27-11-28-22(16)30/h4-5,7-11,15H,1-3,6H2,(H2,26,29)(H2,25,27,28). The number of hydrogen-bond acceptors (Lipinski definition) is 5. The maximum atomic E-state index is 15.0. The van der Waals surface area contributed by atoms with E-state index >= 15 is 0 Å². The van der Waals surface area contributed by atoms with E-state index in [-0.39, 0.29) is 23.2 Å². The lowest BCUT2D eigenvalue weighted by molar-refractivity contribution is 0.602. The second-order valence-corrected chi connectivity index (χ2v) is 8.02. The van der Waals surface area contributed by atoms with E-state index in [0.717, 1.165) is 30.3 Å². The van der Waals surface area contributed by atoms with Crippen molar-refractivity contribution in [3.8, 4) is 0 Å². The van der Waals surface area contributed by atoms with Crippen molar-refractivity contribution in [1.82, 2.24) is 19.5 Å². The molecule has 0 saturated carbocycles. The molecule has 3 aromatic heterocycles. The number of benzene rings is 1. The number of fused-ring (bicyclic) bond motifs is 2. The van der Waals surface area contributed by atoms with Gasteiger partial charge in [0, 0.05) is 11.6 Å². The Hall–Kier alpha value is -3.19. The van der Waals surface area contributed by atoms with Gasteiger partial charge in [0.2, 0.25) is 0 Å². The molecular weight excluding hydrogens is 403 g/mol. The summed E-state index contributed by atoms with van der Waals surface area (Å²) >= 11 is 5.99. The van der Waals surface area contributed by atoms with Gasteiger partial charge < -0.3 is 16.0 Å². The van der Waals surface area contributed by atoms with Crippen molar-refractivity contribution in [3.05, 3.63) is 64.8 Å². The molecule has 0 spiro atoms. The average molecular weight is 423 g/mol. The zero-order valence-electron chi connectivity index (χ0n) is 16.1. The Morgan fingerprint density at radius 3 is 2.87 bits per heavy atom. The molecule has 3 heterocycles. The molecule has 4 N–H and O–H groups in total. The number of anilines is 2. The Bertz CT molecular complexity index is 1310. The van der Waals surface area contributed by atoms with Gasteiger partial charge >= 0.3 is 0 Å². The largest absolute Gasteiger partial charge is 0.383 e. The topological polar surface area (TPSA) is 95.6 Å². The third-order valence-corrected chi connectivity index (χ3v) is 6.09. The molecule has 1 atom stereocenters. The number of nitrogens with zero attached hydrogens (tertiary/aromatic N) is 4. The Labute approximate surface area is 177 Å². The number of pyridine rings is 1. The van der Waals surface area contributed by atoms with Gasteiger partial charge in [0.25, 0.3) is 0 Å². The van der Waals surface area contributed by atoms with Gasteiger partial charge in [0.15, 0.2) is 5.82 Å². The van der Waals surface area contributed by atoms with E-state index in [4.69, 9.17) is 23.1 Å². The molecule has 0 fully saturated rings. The van der Waals surface area contributed by atoms with E-state index in [1.807, 2.05) is 18.3 Å². The molecule has 5 rings (SSSR count). The minimum Gasteiger partial charge on any atom is -0.383 e. The van der Waals surface area contributed by atoms with E-state index < -0.39 is 0 Å². The van der Waals surface area contributed by atoms with Crippen LogP contribution in [-0.2, 0) is 6.42 Å². The van der Waals surface area contributed by atoms with Gasteiger partial charge in [-0.3, -0.25) is 0 Å². The van der Waals surface area contributed by atoms with Gasteiger partial charge in [0.1, 0.15) is 29.1 Å².